The maximum Gasteiger partial charge on any atom is 0.252 e. The molecule has 0 spiro atoms. The van der Waals surface area contributed by atoms with Crippen LogP contribution in [-0.4, -0.2) is 112 Å². The molecule has 1 aliphatic rings. The Morgan fingerprint density at radius 2 is 1.29 bits per heavy atom. The number of rotatable bonds is 19. The molecule has 18 heteroatoms. The number of hydrogen-bond acceptors (Lipinski definition) is 12. The van der Waals surface area contributed by atoms with E-state index in [1.807, 2.05) is 105 Å². The number of likely N-dealkylation sites (tertiary alicyclic amines) is 1. The van der Waals surface area contributed by atoms with Gasteiger partial charge in [0.05, 0.1) is 60.5 Å². The number of benzene rings is 2. The second kappa shape index (κ2) is 28.6. The van der Waals surface area contributed by atoms with Crippen LogP contribution in [0.4, 0.5) is 0 Å². The molecule has 2 unspecified atom stereocenters. The standard InChI is InChI=1S/C29H38N6O8S.2C11H8N.Ir/c1-20-9-11-30-23(16-20)24-17-21(10-12-31-24)28(39)33-25(19-44(41,42)43)29(40)32-13-15-34(2)14-5-3-4-6-22(36)18-35-26(37)7-8-27(35)38;2*1-2-6-10(7-3-1)11-8-4-5-9-12-11;/h9-12,16-17,25H,3-8,13-15,18-19H2,1-2H3,(H,32,40)(H,33,39)(H,41,42,43);2*1-6,8-9H;/q;2*-1;. The number of imide groups is 1. The zero-order valence-corrected chi connectivity index (χ0v) is 41.5. The Kier molecular flexibility index (Phi) is 22.8. The number of Topliss-reactive ketones (excluding diaryl/α,β-unsaturated/α-hetero) is 1. The van der Waals surface area contributed by atoms with E-state index in [4.69, 9.17) is 0 Å². The molecule has 1 fully saturated rings. The maximum atomic E-state index is 12.9. The van der Waals surface area contributed by atoms with E-state index in [9.17, 15) is 36.9 Å². The molecule has 2 aromatic carbocycles. The van der Waals surface area contributed by atoms with Crippen molar-refractivity contribution >= 4 is 39.5 Å². The van der Waals surface area contributed by atoms with Crippen LogP contribution in [0.3, 0.4) is 0 Å². The predicted molar refractivity (Wildman–Crippen MR) is 254 cm³/mol. The van der Waals surface area contributed by atoms with Gasteiger partial charge in [0, 0.05) is 69.7 Å². The average molecular weight is 1130 g/mol. The number of aromatic nitrogens is 4. The topological polar surface area (TPSA) is 226 Å². The van der Waals surface area contributed by atoms with Gasteiger partial charge in [-0.05, 0) is 79.5 Å². The molecule has 0 bridgehead atoms. The third-order valence-corrected chi connectivity index (χ3v) is 11.1. The zero-order valence-electron chi connectivity index (χ0n) is 38.3. The summed E-state index contributed by atoms with van der Waals surface area (Å²) in [4.78, 5) is 80.0. The number of hydrogen-bond donors (Lipinski definition) is 3. The van der Waals surface area contributed by atoms with Crippen LogP contribution in [0.2, 0.25) is 0 Å². The van der Waals surface area contributed by atoms with Crippen molar-refractivity contribution in [1.29, 1.82) is 0 Å². The van der Waals surface area contributed by atoms with Gasteiger partial charge in [-0.15, -0.1) is 71.8 Å². The van der Waals surface area contributed by atoms with Gasteiger partial charge < -0.3 is 30.1 Å². The first-order valence-corrected chi connectivity index (χ1v) is 23.7. The second-order valence-electron chi connectivity index (χ2n) is 15.9. The Balaban J connectivity index is 0.000000331. The SMILES string of the molecule is Cc1ccnc(-c2cc(C(=O)NC(CS(=O)(=O)[O-])C(=O)NCC[NH+](C)CCCCCC(=O)CN3C(=O)CCC3=O)ccn2)c1.[Ir].[c-]1ccccc1-c1ccccn1.[c-]1ccccc1-c1ccccn1. The van der Waals surface area contributed by atoms with Crippen molar-refractivity contribution < 1.29 is 61.9 Å². The molecule has 2 atom stereocenters. The molecule has 69 heavy (non-hydrogen) atoms. The van der Waals surface area contributed by atoms with Crippen molar-refractivity contribution in [1.82, 2.24) is 35.5 Å². The van der Waals surface area contributed by atoms with Gasteiger partial charge in [0.1, 0.15) is 6.04 Å². The van der Waals surface area contributed by atoms with Crippen LogP contribution in [-0.2, 0) is 49.4 Å². The number of carbonyl (C=O) groups is 5. The molecule has 1 aliphatic heterocycles. The Labute approximate surface area is 416 Å². The normalized spacial score (nSPS) is 12.8. The molecular weight excluding hydrogens is 1080 g/mol. The first kappa shape index (κ1) is 54.9. The van der Waals surface area contributed by atoms with Crippen LogP contribution >= 0.6 is 0 Å². The van der Waals surface area contributed by atoms with Crippen molar-refractivity contribution in [3.05, 3.63) is 157 Å². The van der Waals surface area contributed by atoms with Gasteiger partial charge in [0.25, 0.3) is 5.91 Å². The van der Waals surface area contributed by atoms with Crippen LogP contribution in [0, 0.1) is 19.1 Å². The summed E-state index contributed by atoms with van der Waals surface area (Å²) in [5.41, 5.74) is 6.02. The first-order chi connectivity index (χ1) is 32.8. The van der Waals surface area contributed by atoms with E-state index in [0.29, 0.717) is 24.4 Å². The van der Waals surface area contributed by atoms with Crippen LogP contribution in [0.5, 0.6) is 0 Å². The quantitative estimate of drug-likeness (QED) is 0.0451. The van der Waals surface area contributed by atoms with E-state index < -0.39 is 33.7 Å². The molecule has 0 saturated carbocycles. The van der Waals surface area contributed by atoms with E-state index >= 15 is 0 Å². The van der Waals surface area contributed by atoms with Crippen LogP contribution in [0.15, 0.2) is 134 Å². The van der Waals surface area contributed by atoms with Crippen LogP contribution < -0.4 is 15.5 Å². The predicted octanol–water partition coefficient (Wildman–Crippen LogP) is 4.10. The molecule has 4 amide bonds. The fourth-order valence-electron chi connectivity index (χ4n) is 6.79. The molecule has 1 saturated heterocycles. The van der Waals surface area contributed by atoms with Gasteiger partial charge in [0.2, 0.25) is 17.7 Å². The van der Waals surface area contributed by atoms with Gasteiger partial charge in [-0.1, -0.05) is 24.3 Å². The Morgan fingerprint density at radius 1 is 0.725 bits per heavy atom. The molecule has 3 N–H and O–H groups in total. The van der Waals surface area contributed by atoms with E-state index in [0.717, 1.165) is 57.3 Å². The summed E-state index contributed by atoms with van der Waals surface area (Å²) in [6.07, 6.45) is 9.37. The molecule has 0 aliphatic carbocycles. The summed E-state index contributed by atoms with van der Waals surface area (Å²) in [6.45, 7) is 3.12. The number of quaternary nitrogens is 1. The van der Waals surface area contributed by atoms with Gasteiger partial charge in [0.15, 0.2) is 5.78 Å². The summed E-state index contributed by atoms with van der Waals surface area (Å²) in [7, 11) is -2.93. The molecular formula is C51H54IrN8O8S-2. The Bertz CT molecular complexity index is 2520. The third kappa shape index (κ3) is 19.4. The fourth-order valence-corrected chi connectivity index (χ4v) is 7.44. The van der Waals surface area contributed by atoms with Gasteiger partial charge in [-0.3, -0.25) is 38.8 Å². The summed E-state index contributed by atoms with van der Waals surface area (Å²) >= 11 is 0. The number of nitrogens with zero attached hydrogens (tertiary/aromatic N) is 5. The molecule has 6 aromatic rings. The average Bonchev–Trinajstić information content (AvgIpc) is 3.67. The Hall–Kier alpha value is -6.69. The largest absolute Gasteiger partial charge is 0.748 e. The molecule has 7 rings (SSSR count). The van der Waals surface area contributed by atoms with Crippen molar-refractivity contribution in [2.24, 2.45) is 0 Å². The van der Waals surface area contributed by atoms with Gasteiger partial charge in [-0.25, -0.2) is 8.42 Å². The minimum absolute atomic E-state index is 0. The number of aryl methyl sites for hydroxylation is 1. The molecule has 5 heterocycles. The molecule has 16 nitrogen and oxygen atoms in total. The minimum Gasteiger partial charge on any atom is -0.748 e. The number of likely N-dealkylation sites (N-methyl/N-ethyl adjacent to an activating group) is 1. The second-order valence-corrected chi connectivity index (χ2v) is 17.3. The minimum atomic E-state index is -4.84. The summed E-state index contributed by atoms with van der Waals surface area (Å²) in [5, 5.41) is 4.94. The van der Waals surface area contributed by atoms with Crippen molar-refractivity contribution in [3.63, 3.8) is 0 Å². The third-order valence-electron chi connectivity index (χ3n) is 10.4. The number of amides is 4. The van der Waals surface area contributed by atoms with Crippen molar-refractivity contribution in [3.8, 4) is 33.9 Å². The molecule has 363 valence electrons. The van der Waals surface area contributed by atoms with E-state index in [2.05, 4.69) is 42.7 Å². The molecule has 1 radical (unpaired) electrons. The number of unbranched alkanes of at least 4 members (excludes halogenated alkanes) is 2. The van der Waals surface area contributed by atoms with Gasteiger partial charge in [-0.2, -0.15) is 0 Å². The van der Waals surface area contributed by atoms with E-state index in [1.54, 1.807) is 24.7 Å². The smallest absolute Gasteiger partial charge is 0.252 e. The monoisotopic (exact) mass is 1130 g/mol. The van der Waals surface area contributed by atoms with E-state index in [-0.39, 0.29) is 75.6 Å². The number of ketones is 1. The first-order valence-electron chi connectivity index (χ1n) is 22.1. The van der Waals surface area contributed by atoms with Crippen LogP contribution in [0.25, 0.3) is 33.9 Å². The number of nitrogens with one attached hydrogen (secondary N) is 3. The summed E-state index contributed by atoms with van der Waals surface area (Å²) in [5.74, 6) is -3.40. The number of pyridine rings is 4. The maximum absolute atomic E-state index is 12.9. The van der Waals surface area contributed by atoms with Crippen molar-refractivity contribution in [2.75, 3.05) is 39.0 Å². The fraction of sp³-hybridized carbons (Fsp3) is 0.275. The molecule has 4 aromatic heterocycles. The van der Waals surface area contributed by atoms with Gasteiger partial charge >= 0.3 is 0 Å². The zero-order chi connectivity index (χ0) is 48.7. The van der Waals surface area contributed by atoms with Crippen LogP contribution in [0.1, 0.15) is 54.4 Å². The van der Waals surface area contributed by atoms with E-state index in [1.165, 1.54) is 18.3 Å². The number of carbonyl (C=O) groups excluding carboxylic acids is 5. The Morgan fingerprint density at radius 3 is 1.83 bits per heavy atom. The summed E-state index contributed by atoms with van der Waals surface area (Å²) < 4.78 is 34.4. The summed E-state index contributed by atoms with van der Waals surface area (Å²) in [6, 6.07) is 38.5. The van der Waals surface area contributed by atoms with Crippen molar-refractivity contribution in [2.45, 2.75) is 51.5 Å².